The highest BCUT2D eigenvalue weighted by atomic mass is 16.7. The molecule has 2 heterocycles. The van der Waals surface area contributed by atoms with Crippen LogP contribution in [0.1, 0.15) is 37.4 Å². The van der Waals surface area contributed by atoms with Gasteiger partial charge in [0.1, 0.15) is 11.5 Å². The predicted molar refractivity (Wildman–Crippen MR) is 99.9 cm³/mol. The van der Waals surface area contributed by atoms with Gasteiger partial charge in [0.25, 0.3) is 6.29 Å². The first kappa shape index (κ1) is 14.5. The normalized spacial score (nSPS) is 18.8. The topological polar surface area (TPSA) is 52.6 Å². The summed E-state index contributed by atoms with van der Waals surface area (Å²) in [5, 5.41) is 1.87. The van der Waals surface area contributed by atoms with E-state index in [1.807, 2.05) is 36.4 Å². The molecular formula is C23H12O4. The molecule has 3 aliphatic rings. The van der Waals surface area contributed by atoms with Gasteiger partial charge in [-0.3, -0.25) is 9.59 Å². The highest BCUT2D eigenvalue weighted by Crippen LogP contribution is 2.43. The van der Waals surface area contributed by atoms with E-state index in [2.05, 4.69) is 0 Å². The fourth-order valence-electron chi connectivity index (χ4n) is 3.98. The van der Waals surface area contributed by atoms with E-state index in [-0.39, 0.29) is 11.6 Å². The standard InChI is InChI=1S/C23H12O4/c24-21-15-9-8-14-18-6-3-7-19(26-18)27-23(14)20(15)22(25)17-11-13-5-2-1-4-12(13)10-16(17)21/h1-11,19H. The minimum Gasteiger partial charge on any atom is -0.450 e. The van der Waals surface area contributed by atoms with Crippen molar-refractivity contribution in [1.82, 2.24) is 0 Å². The molecule has 0 amide bonds. The average molecular weight is 352 g/mol. The van der Waals surface area contributed by atoms with Crippen molar-refractivity contribution >= 4 is 28.1 Å². The van der Waals surface area contributed by atoms with Gasteiger partial charge < -0.3 is 9.47 Å². The molecule has 0 saturated carbocycles. The van der Waals surface area contributed by atoms with Gasteiger partial charge in [-0.15, -0.1) is 0 Å². The largest absolute Gasteiger partial charge is 0.450 e. The maximum atomic E-state index is 13.4. The van der Waals surface area contributed by atoms with E-state index in [0.29, 0.717) is 39.3 Å². The number of carbonyl (C=O) groups excluding carboxylic acids is 2. The van der Waals surface area contributed by atoms with Crippen molar-refractivity contribution in [3.8, 4) is 5.75 Å². The van der Waals surface area contributed by atoms with Gasteiger partial charge in [0.2, 0.25) is 0 Å². The Kier molecular flexibility index (Phi) is 2.66. The van der Waals surface area contributed by atoms with Crippen LogP contribution >= 0.6 is 0 Å². The van der Waals surface area contributed by atoms with E-state index in [1.165, 1.54) is 0 Å². The molecule has 2 aliphatic heterocycles. The summed E-state index contributed by atoms with van der Waals surface area (Å²) in [6.45, 7) is 0. The van der Waals surface area contributed by atoms with Gasteiger partial charge in [0.05, 0.1) is 11.1 Å². The molecular weight excluding hydrogens is 340 g/mol. The van der Waals surface area contributed by atoms with Crippen molar-refractivity contribution in [2.75, 3.05) is 0 Å². The molecule has 0 fully saturated rings. The smallest absolute Gasteiger partial charge is 0.261 e. The molecule has 1 unspecified atom stereocenters. The molecule has 3 aromatic carbocycles. The van der Waals surface area contributed by atoms with E-state index in [0.717, 1.165) is 10.8 Å². The number of hydrogen-bond acceptors (Lipinski definition) is 4. The molecule has 0 radical (unpaired) electrons. The third-order valence-corrected chi connectivity index (χ3v) is 5.26. The van der Waals surface area contributed by atoms with Crippen LogP contribution in [0, 0.1) is 0 Å². The molecule has 27 heavy (non-hydrogen) atoms. The molecule has 0 saturated heterocycles. The lowest BCUT2D eigenvalue weighted by molar-refractivity contribution is 0.00817. The predicted octanol–water partition coefficient (Wildman–Crippen LogP) is 4.26. The summed E-state index contributed by atoms with van der Waals surface area (Å²) in [6, 6.07) is 14.8. The number of rotatable bonds is 0. The summed E-state index contributed by atoms with van der Waals surface area (Å²) in [5.74, 6) is 0.734. The van der Waals surface area contributed by atoms with Crippen LogP contribution in [0.5, 0.6) is 5.75 Å². The Balaban J connectivity index is 1.63. The lowest BCUT2D eigenvalue weighted by atomic mass is 9.81. The molecule has 128 valence electrons. The van der Waals surface area contributed by atoms with E-state index >= 15 is 0 Å². The van der Waals surface area contributed by atoms with Crippen LogP contribution in [0.3, 0.4) is 0 Å². The minimum atomic E-state index is -0.579. The second-order valence-corrected chi connectivity index (χ2v) is 6.79. The Morgan fingerprint density at radius 3 is 2.22 bits per heavy atom. The second kappa shape index (κ2) is 4.95. The third-order valence-electron chi connectivity index (χ3n) is 5.26. The van der Waals surface area contributed by atoms with Crippen molar-refractivity contribution < 1.29 is 19.1 Å². The van der Waals surface area contributed by atoms with Crippen LogP contribution in [0.15, 0.2) is 66.8 Å². The highest BCUT2D eigenvalue weighted by molar-refractivity contribution is 6.30. The summed E-state index contributed by atoms with van der Waals surface area (Å²) < 4.78 is 11.6. The van der Waals surface area contributed by atoms with Gasteiger partial charge in [-0.25, -0.2) is 0 Å². The zero-order chi connectivity index (χ0) is 18.1. The number of allylic oxidation sites excluding steroid dienone is 2. The van der Waals surface area contributed by atoms with Gasteiger partial charge in [0.15, 0.2) is 11.6 Å². The molecule has 1 aliphatic carbocycles. The van der Waals surface area contributed by atoms with Crippen molar-refractivity contribution in [3.63, 3.8) is 0 Å². The van der Waals surface area contributed by atoms with Crippen molar-refractivity contribution in [2.45, 2.75) is 6.29 Å². The summed E-state index contributed by atoms with van der Waals surface area (Å²) in [7, 11) is 0. The van der Waals surface area contributed by atoms with Crippen LogP contribution in [0.2, 0.25) is 0 Å². The minimum absolute atomic E-state index is 0.155. The number of carbonyl (C=O) groups is 2. The molecule has 2 bridgehead atoms. The Labute approximate surface area is 154 Å². The van der Waals surface area contributed by atoms with E-state index < -0.39 is 6.29 Å². The van der Waals surface area contributed by atoms with Crippen LogP contribution in [0.4, 0.5) is 0 Å². The van der Waals surface area contributed by atoms with Gasteiger partial charge in [-0.2, -0.15) is 0 Å². The third kappa shape index (κ3) is 1.87. The number of fused-ring (bicyclic) bond motifs is 8. The monoisotopic (exact) mass is 352 g/mol. The van der Waals surface area contributed by atoms with Gasteiger partial charge in [-0.05, 0) is 47.2 Å². The summed E-state index contributed by atoms with van der Waals surface area (Å²) in [4.78, 5) is 26.5. The first-order valence-corrected chi connectivity index (χ1v) is 8.72. The first-order valence-electron chi connectivity index (χ1n) is 8.72. The van der Waals surface area contributed by atoms with E-state index in [9.17, 15) is 9.59 Å². The fraction of sp³-hybridized carbons (Fsp3) is 0.0435. The lowest BCUT2D eigenvalue weighted by Gasteiger charge is -2.31. The number of ketones is 2. The lowest BCUT2D eigenvalue weighted by Crippen LogP contribution is -2.29. The second-order valence-electron chi connectivity index (χ2n) is 6.79. The van der Waals surface area contributed by atoms with Crippen molar-refractivity contribution in [1.29, 1.82) is 0 Å². The first-order chi connectivity index (χ1) is 13.2. The maximum absolute atomic E-state index is 13.4. The molecule has 4 heteroatoms. The number of benzene rings is 3. The number of hydrogen-bond donors (Lipinski definition) is 0. The van der Waals surface area contributed by atoms with Gasteiger partial charge >= 0.3 is 0 Å². The van der Waals surface area contributed by atoms with E-state index in [1.54, 1.807) is 30.3 Å². The highest BCUT2D eigenvalue weighted by Gasteiger charge is 2.37. The van der Waals surface area contributed by atoms with Crippen LogP contribution in [0.25, 0.3) is 16.5 Å². The Bertz CT molecular complexity index is 1260. The Morgan fingerprint density at radius 1 is 0.741 bits per heavy atom. The summed E-state index contributed by atoms with van der Waals surface area (Å²) >= 11 is 0. The zero-order valence-corrected chi connectivity index (χ0v) is 14.1. The zero-order valence-electron chi connectivity index (χ0n) is 14.1. The van der Waals surface area contributed by atoms with E-state index in [4.69, 9.17) is 9.47 Å². The van der Waals surface area contributed by atoms with Crippen molar-refractivity contribution in [2.24, 2.45) is 0 Å². The SMILES string of the molecule is O=C1c2cc3ccccc3cc2C(=O)c2c1ccc1c2OC2C=CC=C1O2. The number of ether oxygens (including phenoxy) is 2. The molecule has 0 aromatic heterocycles. The molecule has 0 spiro atoms. The molecule has 4 nitrogen and oxygen atoms in total. The molecule has 1 atom stereocenters. The fourth-order valence-corrected chi connectivity index (χ4v) is 3.98. The van der Waals surface area contributed by atoms with Gasteiger partial charge in [0, 0.05) is 16.7 Å². The van der Waals surface area contributed by atoms with Crippen molar-refractivity contribution in [3.05, 3.63) is 94.6 Å². The maximum Gasteiger partial charge on any atom is 0.261 e. The van der Waals surface area contributed by atoms with Gasteiger partial charge in [-0.1, -0.05) is 30.3 Å². The molecule has 3 aromatic rings. The summed E-state index contributed by atoms with van der Waals surface area (Å²) in [6.07, 6.45) is 4.88. The molecule has 0 N–H and O–H groups in total. The van der Waals surface area contributed by atoms with Crippen LogP contribution in [-0.4, -0.2) is 17.9 Å². The molecule has 6 rings (SSSR count). The van der Waals surface area contributed by atoms with Crippen LogP contribution in [-0.2, 0) is 4.74 Å². The Morgan fingerprint density at radius 2 is 1.44 bits per heavy atom. The average Bonchev–Trinajstić information content (AvgIpc) is 2.70. The summed E-state index contributed by atoms with van der Waals surface area (Å²) in [5.41, 5.74) is 2.27. The Hall–Kier alpha value is -3.66. The van der Waals surface area contributed by atoms with Crippen LogP contribution < -0.4 is 4.74 Å². The quantitative estimate of drug-likeness (QED) is 0.474.